The maximum Gasteiger partial charge on any atom is 0.338 e. The van der Waals surface area contributed by atoms with E-state index in [-0.39, 0.29) is 11.0 Å². The van der Waals surface area contributed by atoms with Crippen molar-refractivity contribution in [3.63, 3.8) is 0 Å². The highest BCUT2D eigenvalue weighted by Crippen LogP contribution is 2.24. The van der Waals surface area contributed by atoms with E-state index >= 15 is 0 Å². The third kappa shape index (κ3) is 4.26. The first-order valence-electron chi connectivity index (χ1n) is 6.01. The lowest BCUT2D eigenvalue weighted by molar-refractivity contribution is 0.0691. The van der Waals surface area contributed by atoms with Crippen LogP contribution in [0.4, 0.5) is 4.39 Å². The zero-order chi connectivity index (χ0) is 15.3. The first kappa shape index (κ1) is 17.1. The fraction of sp³-hybridized carbons (Fsp3) is 0.417. The number of aromatic carboxylic acids is 1. The third-order valence-electron chi connectivity index (χ3n) is 2.60. The lowest BCUT2D eigenvalue weighted by atomic mass is 10.2. The standard InChI is InChI=1S/C12H15BrFNO4S/c1-2-3-4-5-15-20(18,19)10-7-8(13)6-9(11(10)14)12(16)17/h6-7,15H,2-5H2,1H3,(H,16,17). The molecule has 1 aromatic carbocycles. The van der Waals surface area contributed by atoms with E-state index in [2.05, 4.69) is 20.7 Å². The number of carboxylic acid groups (broad SMARTS) is 1. The van der Waals surface area contributed by atoms with E-state index < -0.39 is 32.3 Å². The number of unbranched alkanes of at least 4 members (excludes halogenated alkanes) is 2. The van der Waals surface area contributed by atoms with Crippen LogP contribution in [0.5, 0.6) is 0 Å². The topological polar surface area (TPSA) is 83.5 Å². The summed E-state index contributed by atoms with van der Waals surface area (Å²) in [5, 5.41) is 8.85. The summed E-state index contributed by atoms with van der Waals surface area (Å²) in [4.78, 5) is 10.2. The van der Waals surface area contributed by atoms with Crippen molar-refractivity contribution in [2.45, 2.75) is 31.1 Å². The minimum Gasteiger partial charge on any atom is -0.478 e. The Morgan fingerprint density at radius 3 is 2.60 bits per heavy atom. The van der Waals surface area contributed by atoms with Gasteiger partial charge in [0.25, 0.3) is 0 Å². The number of sulfonamides is 1. The maximum absolute atomic E-state index is 14.0. The molecule has 0 aliphatic heterocycles. The number of halogens is 2. The summed E-state index contributed by atoms with van der Waals surface area (Å²) >= 11 is 2.98. The second-order valence-corrected chi connectivity index (χ2v) is 6.83. The molecular weight excluding hydrogens is 353 g/mol. The Balaban J connectivity index is 3.09. The van der Waals surface area contributed by atoms with Gasteiger partial charge >= 0.3 is 5.97 Å². The number of benzene rings is 1. The molecule has 0 aromatic heterocycles. The van der Waals surface area contributed by atoms with E-state index in [1.165, 1.54) is 0 Å². The summed E-state index contributed by atoms with van der Waals surface area (Å²) in [6.07, 6.45) is 2.41. The molecule has 2 N–H and O–H groups in total. The van der Waals surface area contributed by atoms with Crippen LogP contribution in [0.1, 0.15) is 36.5 Å². The lowest BCUT2D eigenvalue weighted by Crippen LogP contribution is -2.26. The Kier molecular flexibility index (Phi) is 6.09. The molecule has 8 heteroatoms. The van der Waals surface area contributed by atoms with Gasteiger partial charge in [0.1, 0.15) is 4.90 Å². The van der Waals surface area contributed by atoms with Crippen LogP contribution in [0.2, 0.25) is 0 Å². The molecule has 0 aliphatic rings. The Morgan fingerprint density at radius 1 is 1.40 bits per heavy atom. The maximum atomic E-state index is 14.0. The molecule has 0 heterocycles. The molecule has 0 spiro atoms. The predicted molar refractivity (Wildman–Crippen MR) is 75.8 cm³/mol. The van der Waals surface area contributed by atoms with Gasteiger partial charge in [-0.1, -0.05) is 35.7 Å². The van der Waals surface area contributed by atoms with Crippen LogP contribution in [0.15, 0.2) is 21.5 Å². The van der Waals surface area contributed by atoms with Crippen LogP contribution in [-0.4, -0.2) is 26.0 Å². The highest BCUT2D eigenvalue weighted by atomic mass is 79.9. The van der Waals surface area contributed by atoms with Gasteiger partial charge in [-0.25, -0.2) is 22.3 Å². The lowest BCUT2D eigenvalue weighted by Gasteiger charge is -2.09. The summed E-state index contributed by atoms with van der Waals surface area (Å²) in [6, 6.07) is 2.07. The molecule has 0 aliphatic carbocycles. The van der Waals surface area contributed by atoms with Gasteiger partial charge < -0.3 is 5.11 Å². The van der Waals surface area contributed by atoms with E-state index in [1.54, 1.807) is 0 Å². The Labute approximate surface area is 125 Å². The molecule has 0 saturated carbocycles. The number of carboxylic acids is 1. The summed E-state index contributed by atoms with van der Waals surface area (Å²) in [5.74, 6) is -2.78. The second kappa shape index (κ2) is 7.14. The molecule has 0 saturated heterocycles. The zero-order valence-electron chi connectivity index (χ0n) is 10.8. The van der Waals surface area contributed by atoms with Gasteiger partial charge in [0.2, 0.25) is 10.0 Å². The predicted octanol–water partition coefficient (Wildman–Crippen LogP) is 2.75. The van der Waals surface area contributed by atoms with E-state index in [1.807, 2.05) is 6.92 Å². The van der Waals surface area contributed by atoms with Crippen LogP contribution in [0, 0.1) is 5.82 Å². The average Bonchev–Trinajstić information content (AvgIpc) is 2.36. The summed E-state index contributed by atoms with van der Waals surface area (Å²) < 4.78 is 40.4. The first-order valence-corrected chi connectivity index (χ1v) is 8.29. The minimum absolute atomic E-state index is 0.185. The van der Waals surface area contributed by atoms with Gasteiger partial charge in [-0.2, -0.15) is 0 Å². The fourth-order valence-electron chi connectivity index (χ4n) is 1.57. The van der Waals surface area contributed by atoms with Gasteiger partial charge in [0.15, 0.2) is 5.82 Å². The van der Waals surface area contributed by atoms with Crippen molar-refractivity contribution < 1.29 is 22.7 Å². The van der Waals surface area contributed by atoms with Crippen molar-refractivity contribution in [3.8, 4) is 0 Å². The van der Waals surface area contributed by atoms with Crippen molar-refractivity contribution in [1.82, 2.24) is 4.72 Å². The van der Waals surface area contributed by atoms with Gasteiger partial charge in [0.05, 0.1) is 5.56 Å². The third-order valence-corrected chi connectivity index (χ3v) is 4.51. The van der Waals surface area contributed by atoms with Gasteiger partial charge in [-0.3, -0.25) is 0 Å². The summed E-state index contributed by atoms with van der Waals surface area (Å²) in [7, 11) is -4.07. The molecule has 0 atom stereocenters. The normalized spacial score (nSPS) is 11.6. The van der Waals surface area contributed by atoms with E-state index in [0.717, 1.165) is 25.0 Å². The monoisotopic (exact) mass is 367 g/mol. The number of hydrogen-bond donors (Lipinski definition) is 2. The number of hydrogen-bond acceptors (Lipinski definition) is 3. The van der Waals surface area contributed by atoms with Crippen molar-refractivity contribution in [1.29, 1.82) is 0 Å². The molecule has 5 nitrogen and oxygen atoms in total. The molecule has 0 fully saturated rings. The van der Waals surface area contributed by atoms with E-state index in [9.17, 15) is 17.6 Å². The molecule has 0 radical (unpaired) electrons. The molecule has 0 unspecified atom stereocenters. The average molecular weight is 368 g/mol. The van der Waals surface area contributed by atoms with Crippen LogP contribution < -0.4 is 4.72 Å². The first-order chi connectivity index (χ1) is 9.29. The molecule has 112 valence electrons. The zero-order valence-corrected chi connectivity index (χ0v) is 13.2. The number of nitrogens with one attached hydrogen (secondary N) is 1. The fourth-order valence-corrected chi connectivity index (χ4v) is 3.38. The molecule has 1 rings (SSSR count). The molecule has 20 heavy (non-hydrogen) atoms. The van der Waals surface area contributed by atoms with Gasteiger partial charge in [0, 0.05) is 11.0 Å². The molecule has 0 amide bonds. The molecule has 1 aromatic rings. The van der Waals surface area contributed by atoms with E-state index in [0.29, 0.717) is 6.42 Å². The number of rotatable bonds is 7. The van der Waals surface area contributed by atoms with Crippen LogP contribution >= 0.6 is 15.9 Å². The van der Waals surface area contributed by atoms with Crippen molar-refractivity contribution >= 4 is 31.9 Å². The Hall–Kier alpha value is -0.990. The highest BCUT2D eigenvalue weighted by Gasteiger charge is 2.24. The highest BCUT2D eigenvalue weighted by molar-refractivity contribution is 9.10. The SMILES string of the molecule is CCCCCNS(=O)(=O)c1cc(Br)cc(C(=O)O)c1F. The second-order valence-electron chi connectivity index (χ2n) is 4.18. The molecule has 0 bridgehead atoms. The summed E-state index contributed by atoms with van der Waals surface area (Å²) in [5.41, 5.74) is -0.687. The Morgan fingerprint density at radius 2 is 2.05 bits per heavy atom. The van der Waals surface area contributed by atoms with Gasteiger partial charge in [-0.15, -0.1) is 0 Å². The van der Waals surface area contributed by atoms with Crippen LogP contribution in [0.25, 0.3) is 0 Å². The summed E-state index contributed by atoms with van der Waals surface area (Å²) in [6.45, 7) is 2.16. The van der Waals surface area contributed by atoms with Crippen molar-refractivity contribution in [2.24, 2.45) is 0 Å². The van der Waals surface area contributed by atoms with Gasteiger partial charge in [-0.05, 0) is 18.6 Å². The Bertz CT molecular complexity index is 604. The largest absolute Gasteiger partial charge is 0.478 e. The molecular formula is C12H15BrFNO4S. The smallest absolute Gasteiger partial charge is 0.338 e. The van der Waals surface area contributed by atoms with Crippen molar-refractivity contribution in [2.75, 3.05) is 6.54 Å². The van der Waals surface area contributed by atoms with E-state index in [4.69, 9.17) is 5.11 Å². The van der Waals surface area contributed by atoms with Crippen molar-refractivity contribution in [3.05, 3.63) is 28.0 Å². The van der Waals surface area contributed by atoms with Crippen LogP contribution in [0.3, 0.4) is 0 Å². The quantitative estimate of drug-likeness (QED) is 0.725. The minimum atomic E-state index is -4.07. The van der Waals surface area contributed by atoms with Crippen LogP contribution in [-0.2, 0) is 10.0 Å². The number of carbonyl (C=O) groups is 1.